The van der Waals surface area contributed by atoms with Gasteiger partial charge in [-0.15, -0.1) is 11.3 Å². The molecule has 0 spiro atoms. The molecule has 28 heavy (non-hydrogen) atoms. The molecule has 2 N–H and O–H groups in total. The number of rotatable bonds is 4. The predicted molar refractivity (Wildman–Crippen MR) is 115 cm³/mol. The van der Waals surface area contributed by atoms with Crippen LogP contribution in [0, 0.1) is 6.92 Å². The highest BCUT2D eigenvalue weighted by Gasteiger charge is 2.32. The molecule has 148 valence electrons. The third kappa shape index (κ3) is 3.62. The summed E-state index contributed by atoms with van der Waals surface area (Å²) in [5.74, 6) is 0. The highest BCUT2D eigenvalue weighted by atomic mass is 32.1. The Morgan fingerprint density at radius 1 is 1.11 bits per heavy atom. The first kappa shape index (κ1) is 19.6. The fourth-order valence-electron chi connectivity index (χ4n) is 4.26. The molecule has 0 amide bonds. The van der Waals surface area contributed by atoms with E-state index in [2.05, 4.69) is 69.3 Å². The van der Waals surface area contributed by atoms with E-state index in [9.17, 15) is 10.2 Å². The van der Waals surface area contributed by atoms with E-state index in [1.54, 1.807) is 0 Å². The van der Waals surface area contributed by atoms with Crippen molar-refractivity contribution in [3.8, 4) is 0 Å². The maximum atomic E-state index is 10.2. The first-order valence-electron chi connectivity index (χ1n) is 9.93. The van der Waals surface area contributed by atoms with Crippen molar-refractivity contribution in [2.45, 2.75) is 57.3 Å². The van der Waals surface area contributed by atoms with Crippen LogP contribution in [0.3, 0.4) is 0 Å². The normalized spacial score (nSPS) is 23.2. The van der Waals surface area contributed by atoms with Gasteiger partial charge in [0.2, 0.25) is 0 Å². The minimum atomic E-state index is -0.434. The number of aryl methyl sites for hydroxylation is 1. The molecule has 4 heteroatoms. The quantitative estimate of drug-likeness (QED) is 0.644. The molecule has 3 aromatic rings. The zero-order chi connectivity index (χ0) is 19.9. The minimum absolute atomic E-state index is 0.0560. The molecule has 1 aromatic heterocycles. The summed E-state index contributed by atoms with van der Waals surface area (Å²) in [5.41, 5.74) is 3.47. The van der Waals surface area contributed by atoms with Crippen LogP contribution in [0.2, 0.25) is 0 Å². The molecule has 1 saturated heterocycles. The summed E-state index contributed by atoms with van der Waals surface area (Å²) in [7, 11) is 0. The Kier molecular flexibility index (Phi) is 5.32. The van der Waals surface area contributed by atoms with Crippen molar-refractivity contribution in [3.05, 3.63) is 70.1 Å². The third-order valence-corrected chi connectivity index (χ3v) is 7.37. The van der Waals surface area contributed by atoms with Crippen molar-refractivity contribution >= 4 is 21.4 Å². The molecular formula is C24H28O3S. The van der Waals surface area contributed by atoms with E-state index in [1.165, 1.54) is 26.1 Å². The lowest BCUT2D eigenvalue weighted by molar-refractivity contribution is -0.113. The van der Waals surface area contributed by atoms with Crippen LogP contribution in [0.4, 0.5) is 0 Å². The van der Waals surface area contributed by atoms with E-state index in [-0.39, 0.29) is 24.2 Å². The molecule has 1 fully saturated rings. The summed E-state index contributed by atoms with van der Waals surface area (Å²) in [6.45, 7) is 6.65. The van der Waals surface area contributed by atoms with Crippen molar-refractivity contribution in [1.29, 1.82) is 0 Å². The lowest BCUT2D eigenvalue weighted by Crippen LogP contribution is -2.33. The van der Waals surface area contributed by atoms with Gasteiger partial charge in [-0.2, -0.15) is 0 Å². The Bertz CT molecular complexity index is 942. The van der Waals surface area contributed by atoms with Crippen molar-refractivity contribution < 1.29 is 14.9 Å². The number of aliphatic hydroxyl groups is 2. The second-order valence-electron chi connectivity index (χ2n) is 8.40. The number of hydrogen-bond acceptors (Lipinski definition) is 4. The summed E-state index contributed by atoms with van der Waals surface area (Å²) in [5, 5.41) is 21.0. The van der Waals surface area contributed by atoms with Gasteiger partial charge in [0.25, 0.3) is 0 Å². The Morgan fingerprint density at radius 2 is 1.89 bits per heavy atom. The number of fused-ring (bicyclic) bond motifs is 1. The molecule has 3 unspecified atom stereocenters. The minimum Gasteiger partial charge on any atom is -0.394 e. The van der Waals surface area contributed by atoms with Gasteiger partial charge in [0.05, 0.1) is 24.9 Å². The molecule has 0 radical (unpaired) electrons. The molecule has 4 rings (SSSR count). The average Bonchev–Trinajstić information content (AvgIpc) is 3.13. The maximum Gasteiger partial charge on any atom is 0.0854 e. The standard InChI is InChI=1S/C24H28O3S/c1-15-8-9-16(21-13-18(26)12-19(14-25)27-21)10-20(15)24(2,3)23-11-17-6-4-5-7-22(17)28-23/h4-11,18-19,21,25-26H,12-14H2,1-3H3. The van der Waals surface area contributed by atoms with Crippen LogP contribution in [-0.2, 0) is 10.2 Å². The topological polar surface area (TPSA) is 49.7 Å². The second kappa shape index (κ2) is 7.60. The van der Waals surface area contributed by atoms with Gasteiger partial charge in [-0.25, -0.2) is 0 Å². The zero-order valence-electron chi connectivity index (χ0n) is 16.7. The van der Waals surface area contributed by atoms with Crippen molar-refractivity contribution in [2.75, 3.05) is 6.61 Å². The maximum absolute atomic E-state index is 10.2. The summed E-state index contributed by atoms with van der Waals surface area (Å²) in [6.07, 6.45) is 0.158. The lowest BCUT2D eigenvalue weighted by Gasteiger charge is -2.34. The molecule has 2 heterocycles. The van der Waals surface area contributed by atoms with Crippen LogP contribution < -0.4 is 0 Å². The molecule has 3 atom stereocenters. The molecular weight excluding hydrogens is 368 g/mol. The molecule has 0 aliphatic carbocycles. The molecule has 0 saturated carbocycles. The van der Waals surface area contributed by atoms with Crippen LogP contribution >= 0.6 is 11.3 Å². The Hall–Kier alpha value is -1.72. The fourth-order valence-corrected chi connectivity index (χ4v) is 5.44. The first-order chi connectivity index (χ1) is 13.4. The zero-order valence-corrected chi connectivity index (χ0v) is 17.5. The van der Waals surface area contributed by atoms with E-state index in [1.807, 2.05) is 11.3 Å². The Balaban J connectivity index is 1.71. The third-order valence-electron chi connectivity index (χ3n) is 5.93. The van der Waals surface area contributed by atoms with Crippen LogP contribution in [0.5, 0.6) is 0 Å². The van der Waals surface area contributed by atoms with Gasteiger partial charge in [0.15, 0.2) is 0 Å². The van der Waals surface area contributed by atoms with Crippen molar-refractivity contribution in [3.63, 3.8) is 0 Å². The summed E-state index contributed by atoms with van der Waals surface area (Å²) < 4.78 is 7.36. The van der Waals surface area contributed by atoms with E-state index in [4.69, 9.17) is 4.74 Å². The highest BCUT2D eigenvalue weighted by molar-refractivity contribution is 7.19. The SMILES string of the molecule is Cc1ccc(C2CC(O)CC(CO)O2)cc1C(C)(C)c1cc2ccccc2s1. The molecule has 2 aromatic carbocycles. The van der Waals surface area contributed by atoms with Crippen LogP contribution in [0.15, 0.2) is 48.5 Å². The average molecular weight is 397 g/mol. The predicted octanol–water partition coefficient (Wildman–Crippen LogP) is 5.11. The van der Waals surface area contributed by atoms with Crippen molar-refractivity contribution in [1.82, 2.24) is 0 Å². The molecule has 1 aliphatic heterocycles. The Morgan fingerprint density at radius 3 is 2.64 bits per heavy atom. The van der Waals surface area contributed by atoms with Crippen LogP contribution in [-0.4, -0.2) is 29.0 Å². The van der Waals surface area contributed by atoms with E-state index in [0.717, 1.165) is 5.56 Å². The molecule has 1 aliphatic rings. The fraction of sp³-hybridized carbons (Fsp3) is 0.417. The first-order valence-corrected chi connectivity index (χ1v) is 10.7. The number of hydrogen-bond donors (Lipinski definition) is 2. The van der Waals surface area contributed by atoms with Gasteiger partial charge in [0, 0.05) is 27.8 Å². The summed E-state index contributed by atoms with van der Waals surface area (Å²) in [6, 6.07) is 17.3. The van der Waals surface area contributed by atoms with E-state index < -0.39 is 6.10 Å². The van der Waals surface area contributed by atoms with Gasteiger partial charge in [-0.05, 0) is 41.1 Å². The van der Waals surface area contributed by atoms with Crippen LogP contribution in [0.25, 0.3) is 10.1 Å². The van der Waals surface area contributed by atoms with Crippen LogP contribution in [0.1, 0.15) is 54.4 Å². The van der Waals surface area contributed by atoms with Gasteiger partial charge in [0.1, 0.15) is 0 Å². The largest absolute Gasteiger partial charge is 0.394 e. The number of benzene rings is 2. The van der Waals surface area contributed by atoms with Crippen molar-refractivity contribution in [2.24, 2.45) is 0 Å². The Labute approximate surface area is 170 Å². The number of aliphatic hydroxyl groups excluding tert-OH is 2. The highest BCUT2D eigenvalue weighted by Crippen LogP contribution is 2.42. The summed E-state index contributed by atoms with van der Waals surface area (Å²) >= 11 is 1.85. The van der Waals surface area contributed by atoms with Gasteiger partial charge >= 0.3 is 0 Å². The summed E-state index contributed by atoms with van der Waals surface area (Å²) in [4.78, 5) is 1.34. The van der Waals surface area contributed by atoms with Gasteiger partial charge < -0.3 is 14.9 Å². The molecule has 3 nitrogen and oxygen atoms in total. The lowest BCUT2D eigenvalue weighted by atomic mass is 9.79. The monoisotopic (exact) mass is 396 g/mol. The van der Waals surface area contributed by atoms with Gasteiger partial charge in [-0.3, -0.25) is 0 Å². The number of thiophene rings is 1. The van der Waals surface area contributed by atoms with E-state index >= 15 is 0 Å². The van der Waals surface area contributed by atoms with E-state index in [0.29, 0.717) is 12.8 Å². The smallest absolute Gasteiger partial charge is 0.0854 e. The van der Waals surface area contributed by atoms with Gasteiger partial charge in [-0.1, -0.05) is 50.2 Å². The second-order valence-corrected chi connectivity index (χ2v) is 9.49. The molecule has 0 bridgehead atoms. The number of ether oxygens (including phenoxy) is 1.